The van der Waals surface area contributed by atoms with Gasteiger partial charge in [-0.05, 0) is 36.6 Å². The fourth-order valence-corrected chi connectivity index (χ4v) is 4.16. The summed E-state index contributed by atoms with van der Waals surface area (Å²) in [6, 6.07) is 10.5. The Balaban J connectivity index is 1.84. The summed E-state index contributed by atoms with van der Waals surface area (Å²) >= 11 is 2.60. The Morgan fingerprint density at radius 2 is 2.33 bits per heavy atom. The van der Waals surface area contributed by atoms with E-state index in [0.29, 0.717) is 33.2 Å². The minimum absolute atomic E-state index is 0.141. The molecule has 0 fully saturated rings. The van der Waals surface area contributed by atoms with E-state index in [-0.39, 0.29) is 11.5 Å². The third-order valence-electron chi connectivity index (χ3n) is 3.77. The molecule has 0 radical (unpaired) electrons. The zero-order chi connectivity index (χ0) is 19.4. The molecule has 136 valence electrons. The monoisotopic (exact) mass is 396 g/mol. The molecule has 0 spiro atoms. The summed E-state index contributed by atoms with van der Waals surface area (Å²) in [4.78, 5) is 30.4. The van der Waals surface area contributed by atoms with Crippen molar-refractivity contribution in [1.82, 2.24) is 9.55 Å². The normalized spacial score (nSPS) is 11.7. The number of fused-ring (bicyclic) bond motifs is 1. The first-order valence-electron chi connectivity index (χ1n) is 8.10. The average molecular weight is 396 g/mol. The number of carbonyl (C=O) groups is 1. The quantitative estimate of drug-likeness (QED) is 0.390. The molecule has 1 amide bonds. The van der Waals surface area contributed by atoms with Gasteiger partial charge in [-0.15, -0.1) is 17.9 Å². The number of benzene rings is 1. The molecular formula is C19H16N4O2S2. The molecule has 27 heavy (non-hydrogen) atoms. The van der Waals surface area contributed by atoms with Crippen LogP contribution >= 0.6 is 23.1 Å². The number of nitrogens with one attached hydrogen (secondary N) is 1. The van der Waals surface area contributed by atoms with Gasteiger partial charge in [0, 0.05) is 12.2 Å². The van der Waals surface area contributed by atoms with Crippen LogP contribution in [0.2, 0.25) is 0 Å². The summed E-state index contributed by atoms with van der Waals surface area (Å²) in [5.41, 5.74) is 0.882. The highest BCUT2D eigenvalue weighted by Crippen LogP contribution is 2.25. The summed E-state index contributed by atoms with van der Waals surface area (Å²) in [6.07, 6.45) is 1.63. The maximum absolute atomic E-state index is 12.7. The highest BCUT2D eigenvalue weighted by atomic mass is 32.2. The van der Waals surface area contributed by atoms with Crippen molar-refractivity contribution in [3.63, 3.8) is 0 Å². The fraction of sp³-hybridized carbons (Fsp3) is 0.158. The van der Waals surface area contributed by atoms with Gasteiger partial charge in [-0.2, -0.15) is 5.26 Å². The van der Waals surface area contributed by atoms with Gasteiger partial charge in [-0.25, -0.2) is 4.98 Å². The summed E-state index contributed by atoms with van der Waals surface area (Å²) in [5, 5.41) is 14.1. The zero-order valence-electron chi connectivity index (χ0n) is 14.5. The summed E-state index contributed by atoms with van der Waals surface area (Å²) in [7, 11) is 0. The van der Waals surface area contributed by atoms with E-state index in [4.69, 9.17) is 5.26 Å². The molecule has 1 aromatic carbocycles. The van der Waals surface area contributed by atoms with Crippen LogP contribution in [0.1, 0.15) is 12.5 Å². The number of nitriles is 1. The Kier molecular flexibility index (Phi) is 5.74. The van der Waals surface area contributed by atoms with Gasteiger partial charge in [0.2, 0.25) is 5.91 Å². The maximum Gasteiger partial charge on any atom is 0.263 e. The Hall–Kier alpha value is -2.89. The van der Waals surface area contributed by atoms with Crippen LogP contribution in [0.3, 0.4) is 0 Å². The molecule has 3 aromatic rings. The molecule has 1 N–H and O–H groups in total. The first-order valence-corrected chi connectivity index (χ1v) is 9.86. The topological polar surface area (TPSA) is 87.8 Å². The SMILES string of the molecule is C=CCn1c(SC(C)C(=O)Nc2cccc(C#N)c2)nc2sccc2c1=O. The average Bonchev–Trinajstić information content (AvgIpc) is 3.13. The number of anilines is 1. The van der Waals surface area contributed by atoms with Gasteiger partial charge in [0.05, 0.1) is 22.3 Å². The summed E-state index contributed by atoms with van der Waals surface area (Å²) in [5.74, 6) is -0.235. The molecule has 0 saturated carbocycles. The van der Waals surface area contributed by atoms with Crippen molar-refractivity contribution in [2.45, 2.75) is 23.9 Å². The number of hydrogen-bond donors (Lipinski definition) is 1. The van der Waals surface area contributed by atoms with Gasteiger partial charge in [0.25, 0.3) is 5.56 Å². The van der Waals surface area contributed by atoms with Crippen LogP contribution in [-0.4, -0.2) is 20.7 Å². The highest BCUT2D eigenvalue weighted by Gasteiger charge is 2.19. The van der Waals surface area contributed by atoms with E-state index in [1.807, 2.05) is 11.4 Å². The van der Waals surface area contributed by atoms with Crippen molar-refractivity contribution in [3.8, 4) is 6.07 Å². The molecule has 0 bridgehead atoms. The predicted octanol–water partition coefficient (Wildman–Crippen LogP) is 3.63. The minimum atomic E-state index is -0.490. The van der Waals surface area contributed by atoms with Crippen molar-refractivity contribution in [1.29, 1.82) is 5.26 Å². The molecule has 1 unspecified atom stereocenters. The molecule has 1 atom stereocenters. The van der Waals surface area contributed by atoms with Crippen molar-refractivity contribution in [2.75, 3.05) is 5.32 Å². The Morgan fingerprint density at radius 3 is 3.07 bits per heavy atom. The lowest BCUT2D eigenvalue weighted by Gasteiger charge is -2.15. The lowest BCUT2D eigenvalue weighted by atomic mass is 10.2. The van der Waals surface area contributed by atoms with E-state index in [1.54, 1.807) is 43.3 Å². The number of allylic oxidation sites excluding steroid dienone is 1. The number of carbonyl (C=O) groups excluding carboxylic acids is 1. The maximum atomic E-state index is 12.7. The fourth-order valence-electron chi connectivity index (χ4n) is 2.43. The molecule has 3 rings (SSSR count). The number of amides is 1. The number of thiophene rings is 1. The third-order valence-corrected chi connectivity index (χ3v) is 5.67. The molecule has 0 saturated heterocycles. The Bertz CT molecular complexity index is 1110. The number of hydrogen-bond acceptors (Lipinski definition) is 6. The molecule has 0 aliphatic carbocycles. The molecule has 0 aliphatic heterocycles. The van der Waals surface area contributed by atoms with Crippen molar-refractivity contribution >= 4 is 44.9 Å². The van der Waals surface area contributed by atoms with Crippen molar-refractivity contribution in [3.05, 3.63) is 64.3 Å². The lowest BCUT2D eigenvalue weighted by Crippen LogP contribution is -2.26. The molecule has 8 heteroatoms. The van der Waals surface area contributed by atoms with E-state index >= 15 is 0 Å². The molecule has 2 aromatic heterocycles. The summed E-state index contributed by atoms with van der Waals surface area (Å²) in [6.45, 7) is 5.76. The third kappa shape index (κ3) is 4.10. The van der Waals surface area contributed by atoms with Crippen molar-refractivity contribution in [2.24, 2.45) is 0 Å². The second kappa shape index (κ2) is 8.20. The Morgan fingerprint density at radius 1 is 1.52 bits per heavy atom. The van der Waals surface area contributed by atoms with Gasteiger partial charge in [0.1, 0.15) is 4.83 Å². The van der Waals surface area contributed by atoms with Crippen LogP contribution in [0.4, 0.5) is 5.69 Å². The molecule has 2 heterocycles. The minimum Gasteiger partial charge on any atom is -0.325 e. The van der Waals surface area contributed by atoms with Gasteiger partial charge >= 0.3 is 0 Å². The first kappa shape index (κ1) is 18.9. The highest BCUT2D eigenvalue weighted by molar-refractivity contribution is 8.00. The first-order chi connectivity index (χ1) is 13.0. The van der Waals surface area contributed by atoms with E-state index < -0.39 is 5.25 Å². The van der Waals surface area contributed by atoms with E-state index in [0.717, 1.165) is 0 Å². The van der Waals surface area contributed by atoms with Crippen LogP contribution in [-0.2, 0) is 11.3 Å². The number of rotatable bonds is 6. The van der Waals surface area contributed by atoms with Gasteiger partial charge in [-0.1, -0.05) is 23.9 Å². The Labute approximate surface area is 164 Å². The molecular weight excluding hydrogens is 380 g/mol. The van der Waals surface area contributed by atoms with Crippen molar-refractivity contribution < 1.29 is 4.79 Å². The lowest BCUT2D eigenvalue weighted by molar-refractivity contribution is -0.115. The zero-order valence-corrected chi connectivity index (χ0v) is 16.1. The number of nitrogens with zero attached hydrogens (tertiary/aromatic N) is 3. The largest absolute Gasteiger partial charge is 0.325 e. The van der Waals surface area contributed by atoms with Crippen LogP contribution in [0.5, 0.6) is 0 Å². The second-order valence-electron chi connectivity index (χ2n) is 5.68. The van der Waals surface area contributed by atoms with Gasteiger partial charge in [0.15, 0.2) is 5.16 Å². The van der Waals surface area contributed by atoms with Crippen LogP contribution in [0.15, 0.2) is 58.3 Å². The van der Waals surface area contributed by atoms with Gasteiger partial charge < -0.3 is 5.32 Å². The predicted molar refractivity (Wildman–Crippen MR) is 109 cm³/mol. The number of thioether (sulfide) groups is 1. The van der Waals surface area contributed by atoms with E-state index in [2.05, 4.69) is 16.9 Å². The van der Waals surface area contributed by atoms with Gasteiger partial charge in [-0.3, -0.25) is 14.2 Å². The number of aromatic nitrogens is 2. The molecule has 6 nitrogen and oxygen atoms in total. The van der Waals surface area contributed by atoms with Crippen LogP contribution < -0.4 is 10.9 Å². The molecule has 0 aliphatic rings. The summed E-state index contributed by atoms with van der Waals surface area (Å²) < 4.78 is 1.52. The second-order valence-corrected chi connectivity index (χ2v) is 7.88. The van der Waals surface area contributed by atoms with Crippen LogP contribution in [0, 0.1) is 11.3 Å². The standard InChI is InChI=1S/C19H16N4O2S2/c1-3-8-23-18(25)15-7-9-26-17(15)22-19(23)27-12(2)16(24)21-14-6-4-5-13(10-14)11-20/h3-7,9-10,12H,1,8H2,2H3,(H,21,24). The van der Waals surface area contributed by atoms with Crippen LogP contribution in [0.25, 0.3) is 10.2 Å². The van der Waals surface area contributed by atoms with E-state index in [1.165, 1.54) is 27.7 Å². The smallest absolute Gasteiger partial charge is 0.263 e. The van der Waals surface area contributed by atoms with E-state index in [9.17, 15) is 9.59 Å².